The molecule has 0 saturated heterocycles. The Kier molecular flexibility index (Phi) is 5.90. The summed E-state index contributed by atoms with van der Waals surface area (Å²) in [4.78, 5) is 21.4. The number of halogens is 2. The first-order valence-electron chi connectivity index (χ1n) is 10.9. The van der Waals surface area contributed by atoms with Crippen molar-refractivity contribution in [3.63, 3.8) is 0 Å². The minimum Gasteiger partial charge on any atom is -0.361 e. The molecule has 2 aromatic heterocycles. The van der Waals surface area contributed by atoms with E-state index in [0.717, 1.165) is 22.0 Å². The average molecular weight is 473 g/mol. The van der Waals surface area contributed by atoms with E-state index in [1.165, 1.54) is 16.8 Å². The molecule has 5 aromatic rings. The van der Waals surface area contributed by atoms with E-state index in [0.29, 0.717) is 40.6 Å². The molecule has 2 N–H and O–H groups in total. The maximum Gasteiger partial charge on any atom is 0.280 e. The zero-order valence-electron chi connectivity index (χ0n) is 18.5. The Labute approximate surface area is 200 Å². The Hall–Kier alpha value is -3.90. The van der Waals surface area contributed by atoms with E-state index in [1.807, 2.05) is 61.7 Å². The highest BCUT2D eigenvalue weighted by molar-refractivity contribution is 6.31. The molecule has 0 spiro atoms. The molecule has 7 heteroatoms. The van der Waals surface area contributed by atoms with E-state index >= 15 is 0 Å². The normalized spacial score (nSPS) is 11.9. The van der Waals surface area contributed by atoms with Crippen LogP contribution >= 0.6 is 11.6 Å². The standard InChI is InChI=1S/C27H22ClFN4O/c1-17(30-14-13-19-16-31-24-12-7-20(28)15-23(19)24)25-26(18-5-3-2-4-6-18)32-33(27(25)34)22-10-8-21(29)9-11-22/h2-12,15-16,31-32H,13-14H2,1H3. The molecule has 0 aliphatic rings. The van der Waals surface area contributed by atoms with Gasteiger partial charge in [-0.15, -0.1) is 0 Å². The Morgan fingerprint density at radius 2 is 1.82 bits per heavy atom. The van der Waals surface area contributed by atoms with Crippen molar-refractivity contribution in [1.82, 2.24) is 14.8 Å². The first-order chi connectivity index (χ1) is 16.5. The highest BCUT2D eigenvalue weighted by atomic mass is 35.5. The molecule has 34 heavy (non-hydrogen) atoms. The lowest BCUT2D eigenvalue weighted by atomic mass is 10.1. The molecular weight excluding hydrogens is 451 g/mol. The van der Waals surface area contributed by atoms with Gasteiger partial charge in [0.15, 0.2) is 0 Å². The Balaban J connectivity index is 1.50. The van der Waals surface area contributed by atoms with Gasteiger partial charge in [0.05, 0.1) is 16.9 Å². The number of benzene rings is 3. The number of nitrogens with one attached hydrogen (secondary N) is 2. The number of H-pyrrole nitrogens is 2. The summed E-state index contributed by atoms with van der Waals surface area (Å²) >= 11 is 6.16. The number of rotatable bonds is 6. The van der Waals surface area contributed by atoms with Gasteiger partial charge in [0.1, 0.15) is 5.82 Å². The summed E-state index contributed by atoms with van der Waals surface area (Å²) in [5.74, 6) is -0.358. The average Bonchev–Trinajstić information content (AvgIpc) is 3.40. The maximum absolute atomic E-state index is 13.4. The molecule has 0 bridgehead atoms. The van der Waals surface area contributed by atoms with Crippen molar-refractivity contribution in [1.29, 1.82) is 0 Å². The van der Waals surface area contributed by atoms with Crippen molar-refractivity contribution >= 4 is 28.2 Å². The van der Waals surface area contributed by atoms with Gasteiger partial charge in [-0.3, -0.25) is 14.9 Å². The Morgan fingerprint density at radius 3 is 2.59 bits per heavy atom. The third-order valence-electron chi connectivity index (χ3n) is 5.86. The minimum atomic E-state index is -0.358. The van der Waals surface area contributed by atoms with Gasteiger partial charge in [0, 0.05) is 39.9 Å². The van der Waals surface area contributed by atoms with Gasteiger partial charge in [-0.1, -0.05) is 41.9 Å². The van der Waals surface area contributed by atoms with Gasteiger partial charge in [-0.2, -0.15) is 0 Å². The highest BCUT2D eigenvalue weighted by Gasteiger charge is 2.19. The SMILES string of the molecule is CC(=NCCc1c[nH]c2ccc(Cl)cc12)c1c(-c2ccccc2)[nH]n(-c2ccc(F)cc2)c1=O. The second-order valence-electron chi connectivity index (χ2n) is 8.07. The zero-order valence-corrected chi connectivity index (χ0v) is 19.2. The lowest BCUT2D eigenvalue weighted by molar-refractivity contribution is 0.627. The molecule has 0 fully saturated rings. The summed E-state index contributed by atoms with van der Waals surface area (Å²) in [6.07, 6.45) is 2.67. The van der Waals surface area contributed by atoms with Gasteiger partial charge >= 0.3 is 0 Å². The third kappa shape index (κ3) is 4.20. The first-order valence-corrected chi connectivity index (χ1v) is 11.3. The van der Waals surface area contributed by atoms with E-state index in [2.05, 4.69) is 10.1 Å². The van der Waals surface area contributed by atoms with Crippen LogP contribution in [-0.2, 0) is 6.42 Å². The fourth-order valence-electron chi connectivity index (χ4n) is 4.14. The van der Waals surface area contributed by atoms with Crippen molar-refractivity contribution in [2.75, 3.05) is 6.54 Å². The molecule has 170 valence electrons. The summed E-state index contributed by atoms with van der Waals surface area (Å²) < 4.78 is 14.9. The van der Waals surface area contributed by atoms with E-state index in [9.17, 15) is 9.18 Å². The number of hydrogen-bond acceptors (Lipinski definition) is 2. The minimum absolute atomic E-state index is 0.231. The van der Waals surface area contributed by atoms with Crippen LogP contribution in [0.5, 0.6) is 0 Å². The van der Waals surface area contributed by atoms with Crippen LogP contribution in [-0.4, -0.2) is 27.0 Å². The first kappa shape index (κ1) is 21.9. The summed E-state index contributed by atoms with van der Waals surface area (Å²) in [7, 11) is 0. The third-order valence-corrected chi connectivity index (χ3v) is 6.09. The molecule has 0 aliphatic heterocycles. The molecular formula is C27H22ClFN4O. The van der Waals surface area contributed by atoms with E-state index in [1.54, 1.807) is 12.1 Å². The number of hydrogen-bond donors (Lipinski definition) is 2. The molecule has 0 atom stereocenters. The largest absolute Gasteiger partial charge is 0.361 e. The number of aliphatic imine (C=N–C) groups is 1. The Morgan fingerprint density at radius 1 is 1.06 bits per heavy atom. The lowest BCUT2D eigenvalue weighted by Crippen LogP contribution is -2.20. The molecule has 0 aliphatic carbocycles. The molecule has 5 nitrogen and oxygen atoms in total. The van der Waals surface area contributed by atoms with Gasteiger partial charge in [0.2, 0.25) is 0 Å². The molecule has 0 unspecified atom stereocenters. The number of fused-ring (bicyclic) bond motifs is 1. The highest BCUT2D eigenvalue weighted by Crippen LogP contribution is 2.24. The van der Waals surface area contributed by atoms with Crippen LogP contribution in [0.3, 0.4) is 0 Å². The van der Waals surface area contributed by atoms with Crippen LogP contribution in [0.4, 0.5) is 4.39 Å². The van der Waals surface area contributed by atoms with Crippen LogP contribution in [0.2, 0.25) is 5.02 Å². The quantitative estimate of drug-likeness (QED) is 0.286. The molecule has 0 amide bonds. The van der Waals surface area contributed by atoms with Crippen LogP contribution in [0.15, 0.2) is 88.8 Å². The van der Waals surface area contributed by atoms with E-state index < -0.39 is 0 Å². The van der Waals surface area contributed by atoms with Crippen LogP contribution in [0, 0.1) is 5.82 Å². The van der Waals surface area contributed by atoms with E-state index in [-0.39, 0.29) is 11.4 Å². The van der Waals surface area contributed by atoms with Gasteiger partial charge < -0.3 is 4.98 Å². The van der Waals surface area contributed by atoms with Crippen molar-refractivity contribution < 1.29 is 4.39 Å². The summed E-state index contributed by atoms with van der Waals surface area (Å²) in [6, 6.07) is 21.2. The van der Waals surface area contributed by atoms with Crippen molar-refractivity contribution in [3.05, 3.63) is 111 Å². The predicted octanol–water partition coefficient (Wildman–Crippen LogP) is 6.16. The molecule has 0 saturated carbocycles. The summed E-state index contributed by atoms with van der Waals surface area (Å²) in [5.41, 5.74) is 5.15. The van der Waals surface area contributed by atoms with Gasteiger partial charge in [-0.25, -0.2) is 9.07 Å². The van der Waals surface area contributed by atoms with Crippen molar-refractivity contribution in [2.45, 2.75) is 13.3 Å². The fourth-order valence-corrected chi connectivity index (χ4v) is 4.31. The molecule has 2 heterocycles. The zero-order chi connectivity index (χ0) is 23.7. The molecule has 3 aromatic carbocycles. The maximum atomic E-state index is 13.4. The topological polar surface area (TPSA) is 65.9 Å². The number of nitrogens with zero attached hydrogens (tertiary/aromatic N) is 2. The number of aromatic amines is 2. The molecule has 0 radical (unpaired) electrons. The fraction of sp³-hybridized carbons (Fsp3) is 0.111. The van der Waals surface area contributed by atoms with Crippen molar-refractivity contribution in [3.8, 4) is 16.9 Å². The number of aromatic nitrogens is 3. The molecule has 5 rings (SSSR count). The van der Waals surface area contributed by atoms with Crippen LogP contribution in [0.1, 0.15) is 18.1 Å². The van der Waals surface area contributed by atoms with Gasteiger partial charge in [0.25, 0.3) is 5.56 Å². The van der Waals surface area contributed by atoms with Crippen LogP contribution in [0.25, 0.3) is 27.8 Å². The Bertz CT molecular complexity index is 1550. The smallest absolute Gasteiger partial charge is 0.280 e. The van der Waals surface area contributed by atoms with Gasteiger partial charge in [-0.05, 0) is 61.4 Å². The second-order valence-corrected chi connectivity index (χ2v) is 8.50. The van der Waals surface area contributed by atoms with Crippen molar-refractivity contribution in [2.24, 2.45) is 4.99 Å². The second kappa shape index (κ2) is 9.15. The van der Waals surface area contributed by atoms with E-state index in [4.69, 9.17) is 16.6 Å². The lowest BCUT2D eigenvalue weighted by Gasteiger charge is -2.03. The summed E-state index contributed by atoms with van der Waals surface area (Å²) in [6.45, 7) is 2.36. The monoisotopic (exact) mass is 472 g/mol. The van der Waals surface area contributed by atoms with Crippen LogP contribution < -0.4 is 5.56 Å². The summed E-state index contributed by atoms with van der Waals surface area (Å²) in [5, 5.41) is 4.96. The predicted molar refractivity (Wildman–Crippen MR) is 136 cm³/mol.